The number of nitrogens with zero attached hydrogens (tertiary/aromatic N) is 2. The molecule has 0 aliphatic carbocycles. The first-order valence-corrected chi connectivity index (χ1v) is 8.77. The Bertz CT molecular complexity index is 976. The maximum absolute atomic E-state index is 13.9. The molecule has 0 radical (unpaired) electrons. The summed E-state index contributed by atoms with van der Waals surface area (Å²) in [6, 6.07) is 4.21. The minimum Gasteiger partial charge on any atom is -0.472 e. The summed E-state index contributed by atoms with van der Waals surface area (Å²) in [7, 11) is 0. The van der Waals surface area contributed by atoms with Crippen LogP contribution in [0.15, 0.2) is 24.3 Å². The SMILES string of the molecule is O=C(N1CCc2cc(C(F)(F)F)c(OCc3ccc(Cl)cc3F)nc2C1)C(F)(F)F. The molecule has 0 saturated carbocycles. The van der Waals surface area contributed by atoms with Crippen LogP contribution in [0, 0.1) is 5.82 Å². The Morgan fingerprint density at radius 2 is 1.87 bits per heavy atom. The Kier molecular flexibility index (Phi) is 5.85. The zero-order chi connectivity index (χ0) is 22.3. The molecule has 0 atom stereocenters. The van der Waals surface area contributed by atoms with Crippen LogP contribution in [0.2, 0.25) is 5.02 Å². The van der Waals surface area contributed by atoms with Crippen LogP contribution in [-0.2, 0) is 30.5 Å². The van der Waals surface area contributed by atoms with Crippen LogP contribution >= 0.6 is 11.6 Å². The maximum atomic E-state index is 13.9. The largest absolute Gasteiger partial charge is 0.472 e. The van der Waals surface area contributed by atoms with E-state index in [1.807, 2.05) is 0 Å². The molecule has 0 N–H and O–H groups in total. The van der Waals surface area contributed by atoms with Gasteiger partial charge in [-0.1, -0.05) is 17.7 Å². The van der Waals surface area contributed by atoms with Gasteiger partial charge < -0.3 is 9.64 Å². The van der Waals surface area contributed by atoms with Crippen LogP contribution in [-0.4, -0.2) is 28.5 Å². The molecule has 2 heterocycles. The maximum Gasteiger partial charge on any atom is 0.471 e. The van der Waals surface area contributed by atoms with Gasteiger partial charge in [-0.2, -0.15) is 26.3 Å². The summed E-state index contributed by atoms with van der Waals surface area (Å²) in [6.45, 7) is -1.65. The second-order valence-corrected chi connectivity index (χ2v) is 6.88. The molecule has 0 unspecified atom stereocenters. The summed E-state index contributed by atoms with van der Waals surface area (Å²) in [5, 5.41) is 0.0774. The average molecular weight is 457 g/mol. The summed E-state index contributed by atoms with van der Waals surface area (Å²) in [4.78, 5) is 15.6. The highest BCUT2D eigenvalue weighted by molar-refractivity contribution is 6.30. The Balaban J connectivity index is 1.91. The van der Waals surface area contributed by atoms with Crippen molar-refractivity contribution in [1.82, 2.24) is 9.88 Å². The highest BCUT2D eigenvalue weighted by Gasteiger charge is 2.44. The fourth-order valence-electron chi connectivity index (χ4n) is 2.89. The van der Waals surface area contributed by atoms with Crippen molar-refractivity contribution in [1.29, 1.82) is 0 Å². The van der Waals surface area contributed by atoms with Gasteiger partial charge in [-0.15, -0.1) is 0 Å². The van der Waals surface area contributed by atoms with Crippen LogP contribution in [0.25, 0.3) is 0 Å². The molecule has 0 spiro atoms. The first-order chi connectivity index (χ1) is 13.9. The molecule has 30 heavy (non-hydrogen) atoms. The van der Waals surface area contributed by atoms with Gasteiger partial charge in [-0.3, -0.25) is 4.79 Å². The molecule has 1 aliphatic heterocycles. The summed E-state index contributed by atoms with van der Waals surface area (Å²) < 4.78 is 97.1. The Morgan fingerprint density at radius 1 is 1.17 bits per heavy atom. The molecule has 1 amide bonds. The van der Waals surface area contributed by atoms with Gasteiger partial charge in [-0.25, -0.2) is 9.37 Å². The summed E-state index contributed by atoms with van der Waals surface area (Å²) in [5.74, 6) is -3.84. The van der Waals surface area contributed by atoms with E-state index < -0.39 is 55.2 Å². The molecule has 12 heteroatoms. The third kappa shape index (κ3) is 4.77. The van der Waals surface area contributed by atoms with Crippen molar-refractivity contribution in [3.8, 4) is 5.88 Å². The number of rotatable bonds is 3. The lowest BCUT2D eigenvalue weighted by Gasteiger charge is -2.29. The molecule has 0 fully saturated rings. The number of amides is 1. The van der Waals surface area contributed by atoms with Crippen molar-refractivity contribution < 1.29 is 40.3 Å². The van der Waals surface area contributed by atoms with E-state index in [9.17, 15) is 35.5 Å². The van der Waals surface area contributed by atoms with Crippen LogP contribution < -0.4 is 4.74 Å². The lowest BCUT2D eigenvalue weighted by Crippen LogP contribution is -2.44. The molecule has 0 bridgehead atoms. The van der Waals surface area contributed by atoms with E-state index in [1.165, 1.54) is 12.1 Å². The van der Waals surface area contributed by atoms with E-state index >= 15 is 0 Å². The fraction of sp³-hybridized carbons (Fsp3) is 0.333. The number of carbonyl (C=O) groups is 1. The first-order valence-electron chi connectivity index (χ1n) is 8.39. The van der Waals surface area contributed by atoms with E-state index in [1.54, 1.807) is 0 Å². The van der Waals surface area contributed by atoms with Crippen molar-refractivity contribution in [3.05, 3.63) is 57.5 Å². The second kappa shape index (κ2) is 7.93. The highest BCUT2D eigenvalue weighted by Crippen LogP contribution is 2.38. The number of aromatic nitrogens is 1. The smallest absolute Gasteiger partial charge is 0.471 e. The van der Waals surface area contributed by atoms with E-state index in [-0.39, 0.29) is 28.3 Å². The lowest BCUT2D eigenvalue weighted by atomic mass is 10.0. The molecule has 1 aromatic heterocycles. The van der Waals surface area contributed by atoms with Gasteiger partial charge in [0.1, 0.15) is 18.0 Å². The Morgan fingerprint density at radius 3 is 2.47 bits per heavy atom. The predicted molar refractivity (Wildman–Crippen MR) is 90.2 cm³/mol. The van der Waals surface area contributed by atoms with Crippen LogP contribution in [0.4, 0.5) is 30.7 Å². The molecule has 162 valence electrons. The second-order valence-electron chi connectivity index (χ2n) is 6.44. The van der Waals surface area contributed by atoms with Gasteiger partial charge in [0.2, 0.25) is 5.88 Å². The minimum atomic E-state index is -5.12. The van der Waals surface area contributed by atoms with E-state index in [0.29, 0.717) is 4.90 Å². The zero-order valence-electron chi connectivity index (χ0n) is 14.9. The monoisotopic (exact) mass is 456 g/mol. The van der Waals surface area contributed by atoms with Gasteiger partial charge in [0, 0.05) is 17.1 Å². The van der Waals surface area contributed by atoms with Crippen LogP contribution in [0.1, 0.15) is 22.4 Å². The van der Waals surface area contributed by atoms with Gasteiger partial charge in [0.25, 0.3) is 0 Å². The zero-order valence-corrected chi connectivity index (χ0v) is 15.6. The van der Waals surface area contributed by atoms with Crippen molar-refractivity contribution in [3.63, 3.8) is 0 Å². The normalized spacial score (nSPS) is 14.5. The average Bonchev–Trinajstić information content (AvgIpc) is 2.64. The van der Waals surface area contributed by atoms with E-state index in [0.717, 1.165) is 12.1 Å². The standard InChI is InChI=1S/C18H12ClF7N2O2/c19-11-2-1-10(13(20)6-11)8-30-15-12(17(21,22)23)5-9-3-4-28(7-14(9)27-15)16(29)18(24,25)26/h1-2,5-6H,3-4,7-8H2. The number of alkyl halides is 6. The predicted octanol–water partition coefficient (Wildman–Crippen LogP) is 4.92. The minimum absolute atomic E-state index is 0.0542. The molecule has 1 aliphatic rings. The molecule has 4 nitrogen and oxygen atoms in total. The third-order valence-electron chi connectivity index (χ3n) is 4.36. The van der Waals surface area contributed by atoms with Gasteiger partial charge >= 0.3 is 18.3 Å². The molecule has 0 saturated heterocycles. The quantitative estimate of drug-likeness (QED) is 0.616. The molecular weight excluding hydrogens is 445 g/mol. The molecular formula is C18H12ClF7N2O2. The lowest BCUT2D eigenvalue weighted by molar-refractivity contribution is -0.186. The topological polar surface area (TPSA) is 42.4 Å². The number of hydrogen-bond donors (Lipinski definition) is 0. The fourth-order valence-corrected chi connectivity index (χ4v) is 3.05. The summed E-state index contributed by atoms with van der Waals surface area (Å²) >= 11 is 5.62. The summed E-state index contributed by atoms with van der Waals surface area (Å²) in [6.07, 6.45) is -10.2. The number of halogens is 8. The number of carbonyl (C=O) groups excluding carboxylic acids is 1. The number of pyridine rings is 1. The first kappa shape index (κ1) is 22.1. The number of ether oxygens (including phenoxy) is 1. The van der Waals surface area contributed by atoms with Crippen LogP contribution in [0.3, 0.4) is 0 Å². The van der Waals surface area contributed by atoms with Crippen molar-refractivity contribution >= 4 is 17.5 Å². The number of fused-ring (bicyclic) bond motifs is 1. The third-order valence-corrected chi connectivity index (χ3v) is 4.60. The molecule has 3 rings (SSSR count). The van der Waals surface area contributed by atoms with Gasteiger partial charge in [-0.05, 0) is 30.2 Å². The van der Waals surface area contributed by atoms with Gasteiger partial charge in [0.05, 0.1) is 12.2 Å². The number of hydrogen-bond acceptors (Lipinski definition) is 3. The Labute approximate surface area is 170 Å². The van der Waals surface area contributed by atoms with E-state index in [2.05, 4.69) is 4.98 Å². The highest BCUT2D eigenvalue weighted by atomic mass is 35.5. The van der Waals surface area contributed by atoms with Gasteiger partial charge in [0.15, 0.2) is 0 Å². The van der Waals surface area contributed by atoms with Crippen molar-refractivity contribution in [2.45, 2.75) is 31.9 Å². The van der Waals surface area contributed by atoms with E-state index in [4.69, 9.17) is 16.3 Å². The summed E-state index contributed by atoms with van der Waals surface area (Å²) in [5.41, 5.74) is -1.44. The molecule has 2 aromatic rings. The van der Waals surface area contributed by atoms with Crippen molar-refractivity contribution in [2.75, 3.05) is 6.54 Å². The molecule has 1 aromatic carbocycles. The van der Waals surface area contributed by atoms with Crippen LogP contribution in [0.5, 0.6) is 5.88 Å². The number of benzene rings is 1. The Hall–Kier alpha value is -2.56. The van der Waals surface area contributed by atoms with Crippen molar-refractivity contribution in [2.24, 2.45) is 0 Å².